The van der Waals surface area contributed by atoms with Gasteiger partial charge in [-0.25, -0.2) is 14.2 Å². The summed E-state index contributed by atoms with van der Waals surface area (Å²) in [4.78, 5) is 80.5. The molecule has 0 amide bonds. The number of H-pyrrole nitrogens is 2. The Morgan fingerprint density at radius 3 is 1.93 bits per heavy atom. The van der Waals surface area contributed by atoms with Crippen LogP contribution in [0.1, 0.15) is 12.5 Å². The van der Waals surface area contributed by atoms with E-state index < -0.39 is 99.4 Å². The maximum absolute atomic E-state index is 13.4. The smallest absolute Gasteiger partial charge is 0.394 e. The molecule has 0 aromatic carbocycles. The average molecular weight is 630 g/mol. The number of phosphoric acid groups is 1. The zero-order valence-corrected chi connectivity index (χ0v) is 22.1. The highest BCUT2D eigenvalue weighted by molar-refractivity contribution is 7.54. The van der Waals surface area contributed by atoms with E-state index >= 15 is 0 Å². The highest BCUT2D eigenvalue weighted by atomic mass is 31.2. The number of ether oxygens (including phenoxy) is 2. The Bertz CT molecular complexity index is 1610. The standard InChI is InChI=1S/C18H24N4O17P2/c23-5-8-18(30,13(39-41(33,34)35)15(38-8)22-4-2-10(25)20-17(22)29)40(31,32)36-6-7-11(26)12(27)14(37-7)21-3-1-9(24)19-16(21)28/h1-4,7-8,11-15,23,26-27,30H,5-6H2,(H,31,32)(H,19,24,28)(H,20,25,29)(H2,33,34,35)/t7-,8-,11-,12-,13+,14-,15-,18+/m1/s1. The van der Waals surface area contributed by atoms with Crippen molar-refractivity contribution in [2.75, 3.05) is 13.2 Å². The Morgan fingerprint density at radius 2 is 1.44 bits per heavy atom. The molecule has 4 rings (SSSR count). The number of nitrogens with one attached hydrogen (secondary N) is 2. The topological polar surface area (TPSA) is 322 Å². The third kappa shape index (κ3) is 5.86. The summed E-state index contributed by atoms with van der Waals surface area (Å²) in [6.07, 6.45) is -12.2. The molecule has 228 valence electrons. The van der Waals surface area contributed by atoms with Crippen LogP contribution in [0.2, 0.25) is 0 Å². The number of hydrogen-bond acceptors (Lipinski definition) is 14. The maximum Gasteiger partial charge on any atom is 0.470 e. The van der Waals surface area contributed by atoms with Crippen LogP contribution in [-0.4, -0.2) is 103 Å². The van der Waals surface area contributed by atoms with E-state index in [9.17, 15) is 63.4 Å². The summed E-state index contributed by atoms with van der Waals surface area (Å²) in [7, 11) is -11.4. The highest BCUT2D eigenvalue weighted by Gasteiger charge is 2.69. The minimum atomic E-state index is -5.73. The fraction of sp³-hybridized carbons (Fsp3) is 0.556. The Morgan fingerprint density at radius 1 is 0.902 bits per heavy atom. The molecule has 9 atom stereocenters. The molecule has 4 heterocycles. The first-order valence-electron chi connectivity index (χ1n) is 11.3. The SMILES string of the molecule is O=c1ccn([C@@H]2O[C@H](COP(=O)(O)[C@@]3(O)[C@@H](CO)O[C@@H](n4ccc(=O)[nH]c4=O)[C@@H]3OP(=O)(O)O)[C@@H](O)[C@H]2O)c(=O)[nH]1. The number of aromatic nitrogens is 4. The van der Waals surface area contributed by atoms with Crippen LogP contribution in [0.5, 0.6) is 0 Å². The van der Waals surface area contributed by atoms with E-state index in [-0.39, 0.29) is 0 Å². The van der Waals surface area contributed by atoms with Gasteiger partial charge in [0.25, 0.3) is 11.1 Å². The molecule has 2 aromatic rings. The molecule has 0 aliphatic carbocycles. The number of rotatable bonds is 9. The molecule has 0 saturated carbocycles. The molecule has 2 aliphatic rings. The van der Waals surface area contributed by atoms with Crippen molar-refractivity contribution in [3.05, 3.63) is 66.2 Å². The Balaban J connectivity index is 1.64. The third-order valence-electron chi connectivity index (χ3n) is 6.33. The van der Waals surface area contributed by atoms with Gasteiger partial charge in [-0.3, -0.25) is 37.8 Å². The van der Waals surface area contributed by atoms with Crippen molar-refractivity contribution < 1.29 is 62.8 Å². The van der Waals surface area contributed by atoms with Gasteiger partial charge in [0, 0.05) is 24.5 Å². The molecule has 41 heavy (non-hydrogen) atoms. The van der Waals surface area contributed by atoms with Crippen LogP contribution in [0.4, 0.5) is 0 Å². The summed E-state index contributed by atoms with van der Waals surface area (Å²) in [5, 5.41) is 38.4. The molecule has 1 unspecified atom stereocenters. The number of aliphatic hydroxyl groups is 4. The Hall–Kier alpha value is -2.62. The number of phosphoric ester groups is 1. The van der Waals surface area contributed by atoms with E-state index in [0.29, 0.717) is 9.13 Å². The molecule has 2 aliphatic heterocycles. The quantitative estimate of drug-likeness (QED) is 0.117. The summed E-state index contributed by atoms with van der Waals surface area (Å²) in [6.45, 7) is -2.41. The number of aliphatic hydroxyl groups excluding tert-OH is 3. The summed E-state index contributed by atoms with van der Waals surface area (Å²) < 4.78 is 46.4. The van der Waals surface area contributed by atoms with Crippen LogP contribution in [0.15, 0.2) is 43.7 Å². The van der Waals surface area contributed by atoms with Gasteiger partial charge in [0.05, 0.1) is 13.2 Å². The van der Waals surface area contributed by atoms with Gasteiger partial charge >= 0.3 is 26.8 Å². The average Bonchev–Trinajstić information content (AvgIpc) is 3.31. The van der Waals surface area contributed by atoms with Gasteiger partial charge in [-0.1, -0.05) is 0 Å². The predicted molar refractivity (Wildman–Crippen MR) is 127 cm³/mol. The predicted octanol–water partition coefficient (Wildman–Crippen LogP) is -5.04. The van der Waals surface area contributed by atoms with E-state index in [2.05, 4.69) is 4.52 Å². The van der Waals surface area contributed by atoms with E-state index in [0.717, 1.165) is 24.5 Å². The Labute approximate surface area is 225 Å². The first-order valence-corrected chi connectivity index (χ1v) is 14.5. The van der Waals surface area contributed by atoms with Crippen molar-refractivity contribution in [1.29, 1.82) is 0 Å². The lowest BCUT2D eigenvalue weighted by atomic mass is 10.1. The van der Waals surface area contributed by atoms with E-state index in [1.807, 2.05) is 4.98 Å². The van der Waals surface area contributed by atoms with Crippen molar-refractivity contribution in [1.82, 2.24) is 19.1 Å². The maximum atomic E-state index is 13.4. The molecule has 9 N–H and O–H groups in total. The number of aromatic amines is 2. The second kappa shape index (κ2) is 11.2. The van der Waals surface area contributed by atoms with Crippen molar-refractivity contribution in [2.45, 2.75) is 48.3 Å². The fourth-order valence-electron chi connectivity index (χ4n) is 4.37. The molecular weight excluding hydrogens is 606 g/mol. The zero-order chi connectivity index (χ0) is 30.5. The van der Waals surface area contributed by atoms with Gasteiger partial charge < -0.3 is 49.1 Å². The second-order valence-electron chi connectivity index (χ2n) is 8.89. The van der Waals surface area contributed by atoms with Gasteiger partial charge in [-0.2, -0.15) is 0 Å². The fourth-order valence-corrected chi connectivity index (χ4v) is 6.58. The van der Waals surface area contributed by atoms with E-state index in [1.165, 1.54) is 0 Å². The van der Waals surface area contributed by atoms with Crippen molar-refractivity contribution in [3.8, 4) is 0 Å². The zero-order valence-electron chi connectivity index (χ0n) is 20.3. The molecule has 21 nitrogen and oxygen atoms in total. The van der Waals surface area contributed by atoms with E-state index in [4.69, 9.17) is 14.0 Å². The molecule has 2 aromatic heterocycles. The lowest BCUT2D eigenvalue weighted by Crippen LogP contribution is -2.51. The number of hydrogen-bond donors (Lipinski definition) is 9. The Kier molecular flexibility index (Phi) is 8.58. The molecular formula is C18H24N4O17P2. The van der Waals surface area contributed by atoms with Gasteiger partial charge in [-0.15, -0.1) is 0 Å². The third-order valence-corrected chi connectivity index (χ3v) is 8.77. The van der Waals surface area contributed by atoms with Crippen LogP contribution >= 0.6 is 15.4 Å². The molecule has 0 spiro atoms. The van der Waals surface area contributed by atoms with Crippen LogP contribution in [-0.2, 0) is 27.7 Å². The van der Waals surface area contributed by atoms with Crippen molar-refractivity contribution in [2.24, 2.45) is 0 Å². The lowest BCUT2D eigenvalue weighted by molar-refractivity contribution is -0.0712. The minimum Gasteiger partial charge on any atom is -0.394 e. The summed E-state index contributed by atoms with van der Waals surface area (Å²) in [5.41, 5.74) is -3.97. The first kappa shape index (κ1) is 31.3. The largest absolute Gasteiger partial charge is 0.470 e. The summed E-state index contributed by atoms with van der Waals surface area (Å²) >= 11 is 0. The summed E-state index contributed by atoms with van der Waals surface area (Å²) in [6, 6.07) is 1.68. The van der Waals surface area contributed by atoms with Crippen LogP contribution in [0, 0.1) is 0 Å². The lowest BCUT2D eigenvalue weighted by Gasteiger charge is -2.35. The molecule has 23 heteroatoms. The van der Waals surface area contributed by atoms with Gasteiger partial charge in [0.15, 0.2) is 18.6 Å². The van der Waals surface area contributed by atoms with Crippen LogP contribution in [0.25, 0.3) is 0 Å². The van der Waals surface area contributed by atoms with E-state index in [1.54, 1.807) is 4.98 Å². The second-order valence-corrected chi connectivity index (χ2v) is 12.1. The monoisotopic (exact) mass is 630 g/mol. The highest BCUT2D eigenvalue weighted by Crippen LogP contribution is 2.65. The molecule has 2 fully saturated rings. The summed E-state index contributed by atoms with van der Waals surface area (Å²) in [5.74, 6) is 0. The first-order chi connectivity index (χ1) is 19.0. The van der Waals surface area contributed by atoms with Crippen LogP contribution < -0.4 is 22.5 Å². The molecule has 0 radical (unpaired) electrons. The normalized spacial score (nSPS) is 33.6. The van der Waals surface area contributed by atoms with Gasteiger partial charge in [0.2, 0.25) is 5.34 Å². The molecule has 2 saturated heterocycles. The van der Waals surface area contributed by atoms with Crippen molar-refractivity contribution in [3.63, 3.8) is 0 Å². The minimum absolute atomic E-state index is 0.453. The van der Waals surface area contributed by atoms with Gasteiger partial charge in [0.1, 0.15) is 24.4 Å². The number of nitrogens with zero attached hydrogens (tertiary/aromatic N) is 2. The van der Waals surface area contributed by atoms with Crippen LogP contribution in [0.3, 0.4) is 0 Å². The molecule has 0 bridgehead atoms. The van der Waals surface area contributed by atoms with Crippen molar-refractivity contribution >= 4 is 15.4 Å². The van der Waals surface area contributed by atoms with Gasteiger partial charge in [-0.05, 0) is 0 Å².